The van der Waals surface area contributed by atoms with E-state index in [1.807, 2.05) is 44.4 Å². The van der Waals surface area contributed by atoms with Crippen LogP contribution in [0.15, 0.2) is 30.3 Å². The molecule has 2 aromatic rings. The van der Waals surface area contributed by atoms with Crippen LogP contribution in [0.4, 0.5) is 17.6 Å². The molecular weight excluding hydrogens is 312 g/mol. The average Bonchev–Trinajstić information content (AvgIpc) is 2.52. The Bertz CT molecular complexity index is 650. The number of nitrogen functional groups attached to an aromatic ring is 1. The number of hydrogen-bond donors (Lipinski definition) is 2. The van der Waals surface area contributed by atoms with E-state index >= 15 is 0 Å². The summed E-state index contributed by atoms with van der Waals surface area (Å²) in [5.41, 5.74) is 6.48. The largest absolute Gasteiger partial charge is 0.368 e. The van der Waals surface area contributed by atoms with Crippen LogP contribution in [0, 0.1) is 0 Å². The lowest BCUT2D eigenvalue weighted by Crippen LogP contribution is -2.16. The lowest BCUT2D eigenvalue weighted by atomic mass is 10.3. The van der Waals surface area contributed by atoms with Gasteiger partial charge in [-0.2, -0.15) is 26.7 Å². The number of nitrogens with zero attached hydrogens (tertiary/aromatic N) is 4. The first-order valence-electron chi connectivity index (χ1n) is 7.15. The Morgan fingerprint density at radius 1 is 1.22 bits per heavy atom. The molecule has 1 heterocycles. The first-order valence-corrected chi connectivity index (χ1v) is 8.30. The summed E-state index contributed by atoms with van der Waals surface area (Å²) in [5.74, 6) is 2.63. The third-order valence-corrected chi connectivity index (χ3v) is 3.80. The molecule has 122 valence electrons. The fraction of sp³-hybridized carbons (Fsp3) is 0.333. The molecule has 7 nitrogen and oxygen atoms in total. The minimum Gasteiger partial charge on any atom is -0.368 e. The number of carbonyl (C=O) groups is 1. The number of anilines is 3. The van der Waals surface area contributed by atoms with Crippen molar-refractivity contribution >= 4 is 35.3 Å². The zero-order chi connectivity index (χ0) is 16.7. The first-order chi connectivity index (χ1) is 11.0. The van der Waals surface area contributed by atoms with Crippen LogP contribution in [0.3, 0.4) is 0 Å². The normalized spacial score (nSPS) is 10.3. The maximum atomic E-state index is 11.8. The summed E-state index contributed by atoms with van der Waals surface area (Å²) < 4.78 is 0. The molecule has 0 radical (unpaired) electrons. The number of benzene rings is 1. The SMILES string of the molecule is CN(C)c1nc(N)nc(CSCCC(=O)Nc2ccccc2)n1. The molecular formula is C15H20N6OS. The van der Waals surface area contributed by atoms with Crippen LogP contribution in [0.2, 0.25) is 0 Å². The number of nitrogens with two attached hydrogens (primary N) is 1. The van der Waals surface area contributed by atoms with Crippen molar-refractivity contribution in [1.82, 2.24) is 15.0 Å². The number of hydrogen-bond acceptors (Lipinski definition) is 7. The van der Waals surface area contributed by atoms with Gasteiger partial charge < -0.3 is 16.0 Å². The second kappa shape index (κ2) is 8.33. The fourth-order valence-corrected chi connectivity index (χ4v) is 2.55. The molecule has 0 saturated carbocycles. The molecule has 0 unspecified atom stereocenters. The van der Waals surface area contributed by atoms with Gasteiger partial charge in [0.1, 0.15) is 5.82 Å². The van der Waals surface area contributed by atoms with E-state index in [0.29, 0.717) is 29.7 Å². The van der Waals surface area contributed by atoms with Gasteiger partial charge in [-0.1, -0.05) is 18.2 Å². The van der Waals surface area contributed by atoms with Crippen molar-refractivity contribution in [2.24, 2.45) is 0 Å². The molecule has 1 aromatic carbocycles. The van der Waals surface area contributed by atoms with Crippen LogP contribution >= 0.6 is 11.8 Å². The third kappa shape index (κ3) is 5.74. The molecule has 2 rings (SSSR count). The Kier molecular flexibility index (Phi) is 6.16. The van der Waals surface area contributed by atoms with Crippen molar-refractivity contribution in [2.75, 3.05) is 35.8 Å². The maximum absolute atomic E-state index is 11.8. The van der Waals surface area contributed by atoms with Crippen molar-refractivity contribution in [3.8, 4) is 0 Å². The molecule has 0 bridgehead atoms. The Balaban J connectivity index is 1.76. The summed E-state index contributed by atoms with van der Waals surface area (Å²) in [6.45, 7) is 0. The highest BCUT2D eigenvalue weighted by Crippen LogP contribution is 2.14. The van der Waals surface area contributed by atoms with E-state index in [0.717, 1.165) is 5.69 Å². The van der Waals surface area contributed by atoms with Crippen LogP contribution in [0.5, 0.6) is 0 Å². The minimum absolute atomic E-state index is 0.00663. The molecule has 0 aliphatic rings. The smallest absolute Gasteiger partial charge is 0.229 e. The van der Waals surface area contributed by atoms with Crippen LogP contribution in [-0.4, -0.2) is 40.7 Å². The summed E-state index contributed by atoms with van der Waals surface area (Å²) in [6.07, 6.45) is 0.431. The highest BCUT2D eigenvalue weighted by Gasteiger charge is 2.07. The topological polar surface area (TPSA) is 97.0 Å². The molecule has 0 atom stereocenters. The molecule has 8 heteroatoms. The molecule has 0 fully saturated rings. The van der Waals surface area contributed by atoms with Gasteiger partial charge in [0.05, 0.1) is 5.75 Å². The Morgan fingerprint density at radius 3 is 2.65 bits per heavy atom. The maximum Gasteiger partial charge on any atom is 0.229 e. The van der Waals surface area contributed by atoms with Crippen LogP contribution in [-0.2, 0) is 10.5 Å². The van der Waals surface area contributed by atoms with Gasteiger partial charge in [0, 0.05) is 32.0 Å². The van der Waals surface area contributed by atoms with Crippen molar-refractivity contribution in [3.05, 3.63) is 36.2 Å². The molecule has 1 aromatic heterocycles. The van der Waals surface area contributed by atoms with Crippen molar-refractivity contribution < 1.29 is 4.79 Å². The van der Waals surface area contributed by atoms with Crippen molar-refractivity contribution in [3.63, 3.8) is 0 Å². The Morgan fingerprint density at radius 2 is 1.96 bits per heavy atom. The average molecular weight is 332 g/mol. The van der Waals surface area contributed by atoms with Gasteiger partial charge in [0.2, 0.25) is 17.8 Å². The monoisotopic (exact) mass is 332 g/mol. The Labute approximate surface area is 139 Å². The highest BCUT2D eigenvalue weighted by molar-refractivity contribution is 7.98. The zero-order valence-electron chi connectivity index (χ0n) is 13.2. The first kappa shape index (κ1) is 17.0. The zero-order valence-corrected chi connectivity index (χ0v) is 14.0. The molecule has 0 aliphatic heterocycles. The molecule has 1 amide bonds. The molecule has 0 spiro atoms. The fourth-order valence-electron chi connectivity index (χ4n) is 1.76. The number of thioether (sulfide) groups is 1. The quantitative estimate of drug-likeness (QED) is 0.746. The van der Waals surface area contributed by atoms with E-state index < -0.39 is 0 Å². The summed E-state index contributed by atoms with van der Waals surface area (Å²) in [4.78, 5) is 26.1. The number of carbonyl (C=O) groups excluding carboxylic acids is 1. The van der Waals surface area contributed by atoms with Gasteiger partial charge in [0.15, 0.2) is 0 Å². The van der Waals surface area contributed by atoms with E-state index in [1.54, 1.807) is 16.7 Å². The molecule has 0 saturated heterocycles. The van der Waals surface area contributed by atoms with Crippen LogP contribution in [0.25, 0.3) is 0 Å². The lowest BCUT2D eigenvalue weighted by molar-refractivity contribution is -0.115. The second-order valence-electron chi connectivity index (χ2n) is 5.02. The molecule has 3 N–H and O–H groups in total. The third-order valence-electron chi connectivity index (χ3n) is 2.85. The van der Waals surface area contributed by atoms with Crippen LogP contribution in [0.1, 0.15) is 12.2 Å². The predicted molar refractivity (Wildman–Crippen MR) is 94.4 cm³/mol. The van der Waals surface area contributed by atoms with Crippen LogP contribution < -0.4 is 16.0 Å². The van der Waals surface area contributed by atoms with Gasteiger partial charge >= 0.3 is 0 Å². The van der Waals surface area contributed by atoms with E-state index in [1.165, 1.54) is 0 Å². The van der Waals surface area contributed by atoms with Gasteiger partial charge in [-0.25, -0.2) is 0 Å². The number of para-hydroxylation sites is 1. The lowest BCUT2D eigenvalue weighted by Gasteiger charge is -2.11. The standard InChI is InChI=1S/C15H20N6OS/c1-21(2)15-19-12(18-14(16)20-15)10-23-9-8-13(22)17-11-6-4-3-5-7-11/h3-7H,8-10H2,1-2H3,(H,17,22)(H2,16,18,19,20). The Hall–Kier alpha value is -2.35. The molecule has 0 aliphatic carbocycles. The summed E-state index contributed by atoms with van der Waals surface area (Å²) in [7, 11) is 3.69. The summed E-state index contributed by atoms with van der Waals surface area (Å²) >= 11 is 1.59. The highest BCUT2D eigenvalue weighted by atomic mass is 32.2. The summed E-state index contributed by atoms with van der Waals surface area (Å²) in [5, 5.41) is 2.85. The number of nitrogens with one attached hydrogen (secondary N) is 1. The van der Waals surface area contributed by atoms with E-state index in [9.17, 15) is 4.79 Å². The molecule has 23 heavy (non-hydrogen) atoms. The van der Waals surface area contributed by atoms with E-state index in [2.05, 4.69) is 20.3 Å². The minimum atomic E-state index is -0.00663. The van der Waals surface area contributed by atoms with Crippen molar-refractivity contribution in [1.29, 1.82) is 0 Å². The van der Waals surface area contributed by atoms with Gasteiger partial charge in [-0.05, 0) is 12.1 Å². The van der Waals surface area contributed by atoms with E-state index in [-0.39, 0.29) is 11.9 Å². The van der Waals surface area contributed by atoms with Gasteiger partial charge in [-0.3, -0.25) is 4.79 Å². The number of rotatable bonds is 7. The number of aromatic nitrogens is 3. The van der Waals surface area contributed by atoms with Crippen molar-refractivity contribution in [2.45, 2.75) is 12.2 Å². The van der Waals surface area contributed by atoms with Gasteiger partial charge in [-0.15, -0.1) is 0 Å². The number of amides is 1. The summed E-state index contributed by atoms with van der Waals surface area (Å²) in [6, 6.07) is 9.41. The van der Waals surface area contributed by atoms with Gasteiger partial charge in [0.25, 0.3) is 0 Å². The van der Waals surface area contributed by atoms with E-state index in [4.69, 9.17) is 5.73 Å². The second-order valence-corrected chi connectivity index (χ2v) is 6.13. The predicted octanol–water partition coefficient (Wildman–Crippen LogP) is 1.78.